The summed E-state index contributed by atoms with van der Waals surface area (Å²) in [5, 5.41) is 7.71. The Bertz CT molecular complexity index is 824. The molecule has 3 fully saturated rings. The molecular weight excluding hydrogens is 374 g/mol. The molecular formula is C19H27N7O3. The topological polar surface area (TPSA) is 105 Å². The van der Waals surface area contributed by atoms with Gasteiger partial charge in [0.05, 0.1) is 32.0 Å². The Hall–Kier alpha value is -2.49. The lowest BCUT2D eigenvalue weighted by Crippen LogP contribution is -2.55. The number of hydrogen-bond acceptors (Lipinski definition) is 7. The second kappa shape index (κ2) is 7.74. The molecule has 0 aromatic carbocycles. The number of nitrogens with one attached hydrogen (secondary N) is 1. The third-order valence-electron chi connectivity index (χ3n) is 6.22. The van der Waals surface area contributed by atoms with Crippen LogP contribution in [0.1, 0.15) is 32.1 Å². The van der Waals surface area contributed by atoms with E-state index in [9.17, 15) is 9.59 Å². The van der Waals surface area contributed by atoms with E-state index in [4.69, 9.17) is 4.74 Å². The lowest BCUT2D eigenvalue weighted by molar-refractivity contribution is -0.114. The van der Waals surface area contributed by atoms with E-state index in [-0.39, 0.29) is 30.3 Å². The van der Waals surface area contributed by atoms with Crippen molar-refractivity contribution in [3.05, 3.63) is 0 Å². The molecule has 156 valence electrons. The van der Waals surface area contributed by atoms with Gasteiger partial charge in [-0.2, -0.15) is 4.98 Å². The minimum Gasteiger partial charge on any atom is -0.378 e. The minimum absolute atomic E-state index is 0.0817. The Morgan fingerprint density at radius 1 is 1.10 bits per heavy atom. The number of amides is 2. The fraction of sp³-hybridized carbons (Fsp3) is 0.737. The van der Waals surface area contributed by atoms with Gasteiger partial charge >= 0.3 is 6.03 Å². The summed E-state index contributed by atoms with van der Waals surface area (Å²) in [4.78, 5) is 38.2. The molecule has 0 bridgehead atoms. The molecule has 10 nitrogen and oxygen atoms in total. The number of carbonyl (C=O) groups excluding carboxylic acids is 2. The highest BCUT2D eigenvalue weighted by Crippen LogP contribution is 2.27. The van der Waals surface area contributed by atoms with Gasteiger partial charge in [0.1, 0.15) is 0 Å². The van der Waals surface area contributed by atoms with Crippen molar-refractivity contribution in [2.75, 3.05) is 44.3 Å². The molecule has 2 amide bonds. The van der Waals surface area contributed by atoms with Gasteiger partial charge in [-0.3, -0.25) is 4.79 Å². The number of ketones is 1. The van der Waals surface area contributed by atoms with Gasteiger partial charge in [0.2, 0.25) is 11.9 Å². The molecule has 1 aromatic heterocycles. The van der Waals surface area contributed by atoms with E-state index < -0.39 is 0 Å². The molecule has 0 spiro atoms. The number of urea groups is 1. The number of ether oxygens (including phenoxy) is 1. The predicted molar refractivity (Wildman–Crippen MR) is 106 cm³/mol. The fourth-order valence-electron chi connectivity index (χ4n) is 4.61. The zero-order valence-corrected chi connectivity index (χ0v) is 16.5. The molecule has 0 radical (unpaired) electrons. The van der Waals surface area contributed by atoms with Gasteiger partial charge in [0.25, 0.3) is 0 Å². The van der Waals surface area contributed by atoms with Crippen molar-refractivity contribution >= 4 is 29.4 Å². The zero-order valence-electron chi connectivity index (χ0n) is 16.5. The first-order valence-electron chi connectivity index (χ1n) is 10.6. The smallest absolute Gasteiger partial charge is 0.318 e. The number of hydrogen-bond donors (Lipinski definition) is 1. The number of morpholine rings is 1. The molecule has 3 aliphatic heterocycles. The van der Waals surface area contributed by atoms with Crippen LogP contribution in [0.25, 0.3) is 0 Å². The second-order valence-electron chi connectivity index (χ2n) is 8.28. The first-order valence-corrected chi connectivity index (χ1v) is 10.6. The standard InChI is InChI=1S/C19H27N7O3/c27-15-12-25(19(28)20-14-4-2-1-3-5-14)10-13-11-26-17(21-16(13)15)22-18(23-26)24-6-8-29-9-7-24/h13-14H,1-12H2,(H,20,28). The molecule has 1 aromatic rings. The average molecular weight is 401 g/mol. The van der Waals surface area contributed by atoms with E-state index in [2.05, 4.69) is 25.3 Å². The number of anilines is 1. The van der Waals surface area contributed by atoms with Crippen LogP contribution in [0, 0.1) is 5.92 Å². The van der Waals surface area contributed by atoms with E-state index in [0.29, 0.717) is 43.9 Å². The quantitative estimate of drug-likeness (QED) is 0.784. The number of carbonyl (C=O) groups is 2. The van der Waals surface area contributed by atoms with Crippen molar-refractivity contribution in [3.63, 3.8) is 0 Å². The van der Waals surface area contributed by atoms with Gasteiger partial charge in [-0.05, 0) is 12.8 Å². The molecule has 1 N–H and O–H groups in total. The summed E-state index contributed by atoms with van der Waals surface area (Å²) in [6.07, 6.45) is 5.60. The fourth-order valence-corrected chi connectivity index (χ4v) is 4.61. The van der Waals surface area contributed by atoms with Gasteiger partial charge in [-0.15, -0.1) is 5.10 Å². The van der Waals surface area contributed by atoms with Crippen molar-refractivity contribution < 1.29 is 14.3 Å². The van der Waals surface area contributed by atoms with E-state index in [1.165, 1.54) is 6.42 Å². The monoisotopic (exact) mass is 401 g/mol. The van der Waals surface area contributed by atoms with Crippen LogP contribution in [0.3, 0.4) is 0 Å². The van der Waals surface area contributed by atoms with Crippen molar-refractivity contribution in [2.45, 2.75) is 44.7 Å². The van der Waals surface area contributed by atoms with E-state index in [1.807, 2.05) is 0 Å². The van der Waals surface area contributed by atoms with Crippen LogP contribution in [0.4, 0.5) is 16.7 Å². The Labute approximate surface area is 169 Å². The maximum Gasteiger partial charge on any atom is 0.318 e. The van der Waals surface area contributed by atoms with Gasteiger partial charge in [-0.1, -0.05) is 19.3 Å². The molecule has 4 aliphatic rings. The highest BCUT2D eigenvalue weighted by molar-refractivity contribution is 6.42. The predicted octanol–water partition coefficient (Wildman–Crippen LogP) is 0.744. The molecule has 2 saturated heterocycles. The molecule has 1 atom stereocenters. The summed E-state index contributed by atoms with van der Waals surface area (Å²) >= 11 is 0. The van der Waals surface area contributed by atoms with Crippen molar-refractivity contribution in [1.82, 2.24) is 25.0 Å². The largest absolute Gasteiger partial charge is 0.378 e. The summed E-state index contributed by atoms with van der Waals surface area (Å²) < 4.78 is 7.14. The zero-order chi connectivity index (χ0) is 19.8. The molecule has 5 rings (SSSR count). The van der Waals surface area contributed by atoms with Crippen LogP contribution in [-0.4, -0.2) is 82.6 Å². The van der Waals surface area contributed by atoms with Crippen molar-refractivity contribution in [1.29, 1.82) is 0 Å². The molecule has 1 saturated carbocycles. The number of likely N-dealkylation sites (tertiary alicyclic amines) is 1. The average Bonchev–Trinajstić information content (AvgIpc) is 3.17. The minimum atomic E-state index is -0.139. The number of fused-ring (bicyclic) bond motifs is 2. The molecule has 1 aliphatic carbocycles. The van der Waals surface area contributed by atoms with Gasteiger partial charge in [0, 0.05) is 31.6 Å². The summed E-state index contributed by atoms with van der Waals surface area (Å²) in [5.41, 5.74) is 0.528. The Kier molecular flexibility index (Phi) is 4.94. The summed E-state index contributed by atoms with van der Waals surface area (Å²) in [6, 6.07) is 0.0912. The van der Waals surface area contributed by atoms with Gasteiger partial charge in [-0.25, -0.2) is 14.5 Å². The third kappa shape index (κ3) is 3.73. The third-order valence-corrected chi connectivity index (χ3v) is 6.22. The molecule has 1 unspecified atom stereocenters. The molecule has 10 heteroatoms. The first kappa shape index (κ1) is 18.5. The highest BCUT2D eigenvalue weighted by atomic mass is 16.5. The second-order valence-corrected chi connectivity index (χ2v) is 8.28. The van der Waals surface area contributed by atoms with Gasteiger partial charge < -0.3 is 19.9 Å². The van der Waals surface area contributed by atoms with E-state index in [0.717, 1.165) is 38.8 Å². The highest BCUT2D eigenvalue weighted by Gasteiger charge is 2.38. The van der Waals surface area contributed by atoms with Crippen LogP contribution in [0.5, 0.6) is 0 Å². The molecule has 29 heavy (non-hydrogen) atoms. The number of rotatable bonds is 2. The normalized spacial score (nSPS) is 25.3. The van der Waals surface area contributed by atoms with E-state index >= 15 is 0 Å². The van der Waals surface area contributed by atoms with Gasteiger partial charge in [0.15, 0.2) is 5.78 Å². The maximum absolute atomic E-state index is 12.7. The summed E-state index contributed by atoms with van der Waals surface area (Å²) in [6.45, 7) is 3.89. The first-order chi connectivity index (χ1) is 14.2. The van der Waals surface area contributed by atoms with Crippen molar-refractivity contribution in [2.24, 2.45) is 10.9 Å². The van der Waals surface area contributed by atoms with E-state index in [1.54, 1.807) is 9.58 Å². The number of Topliss-reactive ketones (excluding diaryl/α,β-unsaturated/α-hetero) is 1. The van der Waals surface area contributed by atoms with Crippen LogP contribution in [0.15, 0.2) is 4.99 Å². The Morgan fingerprint density at radius 3 is 2.69 bits per heavy atom. The Morgan fingerprint density at radius 2 is 1.90 bits per heavy atom. The van der Waals surface area contributed by atoms with Crippen LogP contribution >= 0.6 is 0 Å². The summed E-state index contributed by atoms with van der Waals surface area (Å²) in [5.74, 6) is 0.874. The SMILES string of the molecule is O=C1CN(C(=O)NC2CCCCC2)CC2Cn3nc(N4CCOCC4)nc3N=C12. The lowest BCUT2D eigenvalue weighted by Gasteiger charge is -2.35. The van der Waals surface area contributed by atoms with Crippen LogP contribution in [-0.2, 0) is 16.1 Å². The Balaban J connectivity index is 1.28. The molecule has 4 heterocycles. The summed E-state index contributed by atoms with van der Waals surface area (Å²) in [7, 11) is 0. The van der Waals surface area contributed by atoms with Crippen LogP contribution < -0.4 is 10.2 Å². The maximum atomic E-state index is 12.7. The number of nitrogens with zero attached hydrogens (tertiary/aromatic N) is 6. The number of aliphatic imine (C=N–C) groups is 1. The van der Waals surface area contributed by atoms with Crippen molar-refractivity contribution in [3.8, 4) is 0 Å². The van der Waals surface area contributed by atoms with Crippen LogP contribution in [0.2, 0.25) is 0 Å². The number of aromatic nitrogens is 3. The lowest BCUT2D eigenvalue weighted by atomic mass is 9.93. The number of piperidine rings is 1.